The van der Waals surface area contributed by atoms with Crippen LogP contribution >= 0.6 is 0 Å². The summed E-state index contributed by atoms with van der Waals surface area (Å²) in [6.45, 7) is 5.75. The fourth-order valence-corrected chi connectivity index (χ4v) is 2.37. The number of rotatable bonds is 5. The first-order valence-electron chi connectivity index (χ1n) is 7.09. The van der Waals surface area contributed by atoms with Crippen molar-refractivity contribution in [3.8, 4) is 5.75 Å². The molecule has 4 heteroatoms. The Morgan fingerprint density at radius 3 is 3.00 bits per heavy atom. The van der Waals surface area contributed by atoms with Gasteiger partial charge in [0.2, 0.25) is 0 Å². The van der Waals surface area contributed by atoms with Crippen LogP contribution in [0.4, 0.5) is 11.4 Å². The van der Waals surface area contributed by atoms with Crippen molar-refractivity contribution in [2.45, 2.75) is 45.3 Å². The second kappa shape index (κ2) is 6.66. The van der Waals surface area contributed by atoms with Crippen LogP contribution < -0.4 is 15.8 Å². The maximum atomic E-state index is 5.92. The Bertz CT molecular complexity index is 409. The molecule has 1 fully saturated rings. The van der Waals surface area contributed by atoms with Crippen molar-refractivity contribution in [1.29, 1.82) is 0 Å². The Balaban J connectivity index is 2.00. The minimum absolute atomic E-state index is 0.322. The summed E-state index contributed by atoms with van der Waals surface area (Å²) in [5.41, 5.74) is 7.68. The Morgan fingerprint density at radius 1 is 1.42 bits per heavy atom. The number of ether oxygens (including phenoxy) is 2. The lowest BCUT2D eigenvalue weighted by Crippen LogP contribution is -2.32. The first-order valence-corrected chi connectivity index (χ1v) is 7.09. The molecule has 0 amide bonds. The predicted molar refractivity (Wildman–Crippen MR) is 78.7 cm³/mol. The molecule has 1 aromatic carbocycles. The summed E-state index contributed by atoms with van der Waals surface area (Å²) in [4.78, 5) is 0. The van der Waals surface area contributed by atoms with Crippen LogP contribution in [-0.2, 0) is 4.74 Å². The van der Waals surface area contributed by atoms with E-state index in [1.165, 1.54) is 0 Å². The van der Waals surface area contributed by atoms with Crippen molar-refractivity contribution in [1.82, 2.24) is 0 Å². The number of nitrogen functional groups attached to an aromatic ring is 1. The van der Waals surface area contributed by atoms with Gasteiger partial charge in [0, 0.05) is 36.2 Å². The molecule has 3 N–H and O–H groups in total. The smallest absolute Gasteiger partial charge is 0.123 e. The van der Waals surface area contributed by atoms with E-state index in [1.807, 2.05) is 18.2 Å². The van der Waals surface area contributed by atoms with Crippen molar-refractivity contribution in [3.63, 3.8) is 0 Å². The third-order valence-corrected chi connectivity index (χ3v) is 3.26. The molecule has 19 heavy (non-hydrogen) atoms. The number of nitrogens with one attached hydrogen (secondary N) is 1. The van der Waals surface area contributed by atoms with Crippen LogP contribution in [0.5, 0.6) is 5.75 Å². The van der Waals surface area contributed by atoms with Gasteiger partial charge in [-0.25, -0.2) is 0 Å². The number of hydrogen-bond acceptors (Lipinski definition) is 4. The molecule has 1 aliphatic heterocycles. The van der Waals surface area contributed by atoms with Gasteiger partial charge in [0.05, 0.1) is 12.7 Å². The van der Waals surface area contributed by atoms with Gasteiger partial charge in [0.15, 0.2) is 0 Å². The highest BCUT2D eigenvalue weighted by molar-refractivity contribution is 5.59. The van der Waals surface area contributed by atoms with Crippen molar-refractivity contribution in [3.05, 3.63) is 18.2 Å². The molecule has 2 rings (SSSR count). The molecule has 1 aromatic rings. The second-order valence-corrected chi connectivity index (χ2v) is 5.19. The molecule has 2 atom stereocenters. The summed E-state index contributed by atoms with van der Waals surface area (Å²) in [5.74, 6) is 0.837. The van der Waals surface area contributed by atoms with Crippen molar-refractivity contribution < 1.29 is 9.47 Å². The van der Waals surface area contributed by atoms with Gasteiger partial charge in [-0.05, 0) is 32.3 Å². The van der Waals surface area contributed by atoms with Gasteiger partial charge in [-0.3, -0.25) is 0 Å². The van der Waals surface area contributed by atoms with Gasteiger partial charge in [0.1, 0.15) is 5.75 Å². The van der Waals surface area contributed by atoms with Crippen LogP contribution in [0.25, 0.3) is 0 Å². The highest BCUT2D eigenvalue weighted by Gasteiger charge is 2.19. The van der Waals surface area contributed by atoms with E-state index in [9.17, 15) is 0 Å². The molecule has 0 spiro atoms. The largest absolute Gasteiger partial charge is 0.493 e. The van der Waals surface area contributed by atoms with E-state index < -0.39 is 0 Å². The van der Waals surface area contributed by atoms with E-state index in [-0.39, 0.29) is 0 Å². The van der Waals surface area contributed by atoms with Crippen molar-refractivity contribution in [2.24, 2.45) is 0 Å². The molecule has 0 aromatic heterocycles. The highest BCUT2D eigenvalue weighted by atomic mass is 16.5. The SMILES string of the molecule is CCCOc1cc(N)cc(NC2CCOC(C)C2)c1. The maximum Gasteiger partial charge on any atom is 0.123 e. The number of hydrogen-bond donors (Lipinski definition) is 2. The van der Waals surface area contributed by atoms with Gasteiger partial charge < -0.3 is 20.5 Å². The zero-order valence-electron chi connectivity index (χ0n) is 11.8. The highest BCUT2D eigenvalue weighted by Crippen LogP contribution is 2.25. The molecule has 0 radical (unpaired) electrons. The quantitative estimate of drug-likeness (QED) is 0.803. The van der Waals surface area contributed by atoms with Crippen molar-refractivity contribution >= 4 is 11.4 Å². The molecule has 1 aliphatic rings. The van der Waals surface area contributed by atoms with Gasteiger partial charge in [-0.15, -0.1) is 0 Å². The Hall–Kier alpha value is -1.42. The number of anilines is 2. The molecular formula is C15H24N2O2. The third-order valence-electron chi connectivity index (χ3n) is 3.26. The lowest BCUT2D eigenvalue weighted by atomic mass is 10.0. The Labute approximate surface area is 115 Å². The summed E-state index contributed by atoms with van der Waals surface area (Å²) in [6, 6.07) is 6.29. The normalized spacial score (nSPS) is 23.1. The minimum Gasteiger partial charge on any atom is -0.493 e. The minimum atomic E-state index is 0.322. The average Bonchev–Trinajstić information content (AvgIpc) is 2.35. The van der Waals surface area contributed by atoms with E-state index in [1.54, 1.807) is 0 Å². The first kappa shape index (κ1) is 14.0. The Kier molecular flexibility index (Phi) is 4.91. The summed E-state index contributed by atoms with van der Waals surface area (Å²) < 4.78 is 11.2. The molecule has 0 bridgehead atoms. The first-order chi connectivity index (χ1) is 9.17. The summed E-state index contributed by atoms with van der Waals surface area (Å²) in [6.07, 6.45) is 3.38. The average molecular weight is 264 g/mol. The fourth-order valence-electron chi connectivity index (χ4n) is 2.37. The molecule has 1 heterocycles. The lowest BCUT2D eigenvalue weighted by Gasteiger charge is -2.28. The Morgan fingerprint density at radius 2 is 2.26 bits per heavy atom. The van der Waals surface area contributed by atoms with Crippen LogP contribution in [0.1, 0.15) is 33.1 Å². The zero-order chi connectivity index (χ0) is 13.7. The summed E-state index contributed by atoms with van der Waals surface area (Å²) in [7, 11) is 0. The molecule has 1 saturated heterocycles. The van der Waals surface area contributed by atoms with Gasteiger partial charge >= 0.3 is 0 Å². The van der Waals surface area contributed by atoms with Gasteiger partial charge in [0.25, 0.3) is 0 Å². The topological polar surface area (TPSA) is 56.5 Å². The molecule has 106 valence electrons. The predicted octanol–water partition coefficient (Wildman–Crippen LogP) is 3.04. The summed E-state index contributed by atoms with van der Waals surface area (Å²) >= 11 is 0. The summed E-state index contributed by atoms with van der Waals surface area (Å²) in [5, 5.41) is 3.53. The van der Waals surface area contributed by atoms with Crippen LogP contribution in [0, 0.1) is 0 Å². The van der Waals surface area contributed by atoms with Crippen LogP contribution in [0.2, 0.25) is 0 Å². The molecule has 4 nitrogen and oxygen atoms in total. The maximum absolute atomic E-state index is 5.92. The lowest BCUT2D eigenvalue weighted by molar-refractivity contribution is 0.0232. The van der Waals surface area contributed by atoms with Crippen LogP contribution in [0.3, 0.4) is 0 Å². The van der Waals surface area contributed by atoms with Crippen molar-refractivity contribution in [2.75, 3.05) is 24.3 Å². The second-order valence-electron chi connectivity index (χ2n) is 5.19. The van der Waals surface area contributed by atoms with E-state index in [0.717, 1.165) is 49.6 Å². The van der Waals surface area contributed by atoms with E-state index in [4.69, 9.17) is 15.2 Å². The molecular weight excluding hydrogens is 240 g/mol. The van der Waals surface area contributed by atoms with E-state index in [0.29, 0.717) is 12.1 Å². The number of nitrogens with two attached hydrogens (primary N) is 1. The zero-order valence-corrected chi connectivity index (χ0v) is 11.8. The monoisotopic (exact) mass is 264 g/mol. The van der Waals surface area contributed by atoms with Crippen LogP contribution in [0.15, 0.2) is 18.2 Å². The third kappa shape index (κ3) is 4.31. The van der Waals surface area contributed by atoms with Gasteiger partial charge in [-0.1, -0.05) is 6.92 Å². The fraction of sp³-hybridized carbons (Fsp3) is 0.600. The molecule has 0 aliphatic carbocycles. The van der Waals surface area contributed by atoms with E-state index in [2.05, 4.69) is 19.2 Å². The molecule has 2 unspecified atom stereocenters. The molecule has 0 saturated carbocycles. The van der Waals surface area contributed by atoms with Gasteiger partial charge in [-0.2, -0.15) is 0 Å². The number of benzene rings is 1. The van der Waals surface area contributed by atoms with Crippen LogP contribution in [-0.4, -0.2) is 25.4 Å². The van der Waals surface area contributed by atoms with E-state index >= 15 is 0 Å². The standard InChI is InChI=1S/C15H24N2O2/c1-3-5-19-15-9-12(16)8-14(10-15)17-13-4-6-18-11(2)7-13/h8-11,13,17H,3-7,16H2,1-2H3.